The molecule has 30 heavy (non-hydrogen) atoms. The van der Waals surface area contributed by atoms with Crippen molar-refractivity contribution in [2.75, 3.05) is 6.61 Å². The van der Waals surface area contributed by atoms with E-state index in [9.17, 15) is 4.79 Å². The molecule has 2 aromatic heterocycles. The molecule has 5 heteroatoms. The summed E-state index contributed by atoms with van der Waals surface area (Å²) in [5, 5.41) is 1.10. The van der Waals surface area contributed by atoms with Crippen LogP contribution in [0.15, 0.2) is 54.7 Å². The molecular formula is C25H25N3O2. The molecule has 1 saturated carbocycles. The van der Waals surface area contributed by atoms with Crippen molar-refractivity contribution in [3.8, 4) is 11.4 Å². The van der Waals surface area contributed by atoms with Crippen LogP contribution in [0, 0.1) is 0 Å². The molecule has 1 aliphatic carbocycles. The number of hydrogen-bond donors (Lipinski definition) is 0. The van der Waals surface area contributed by atoms with Crippen molar-refractivity contribution >= 4 is 27.9 Å². The third kappa shape index (κ3) is 3.34. The minimum absolute atomic E-state index is 0.301. The number of pyridine rings is 1. The molecule has 0 N–H and O–H groups in total. The lowest BCUT2D eigenvalue weighted by Gasteiger charge is -2.25. The monoisotopic (exact) mass is 399 g/mol. The number of imidazole rings is 1. The molecule has 0 saturated heterocycles. The van der Waals surface area contributed by atoms with Crippen LogP contribution in [-0.4, -0.2) is 27.1 Å². The Kier molecular flexibility index (Phi) is 4.95. The molecule has 1 aliphatic rings. The van der Waals surface area contributed by atoms with E-state index >= 15 is 0 Å². The molecule has 152 valence electrons. The first-order chi connectivity index (χ1) is 14.7. The largest absolute Gasteiger partial charge is 0.462 e. The molecule has 0 aliphatic heterocycles. The van der Waals surface area contributed by atoms with Crippen LogP contribution >= 0.6 is 0 Å². The highest BCUT2D eigenvalue weighted by Gasteiger charge is 2.23. The van der Waals surface area contributed by atoms with Gasteiger partial charge in [0.05, 0.1) is 28.7 Å². The second-order valence-corrected chi connectivity index (χ2v) is 7.93. The fourth-order valence-corrected chi connectivity index (χ4v) is 4.57. The number of hydrogen-bond acceptors (Lipinski definition) is 4. The molecule has 1 fully saturated rings. The fraction of sp³-hybridized carbons (Fsp3) is 0.320. The van der Waals surface area contributed by atoms with E-state index < -0.39 is 0 Å². The van der Waals surface area contributed by atoms with Gasteiger partial charge in [-0.05, 0) is 62.2 Å². The van der Waals surface area contributed by atoms with Crippen molar-refractivity contribution in [3.05, 3.63) is 60.3 Å². The predicted octanol–water partition coefficient (Wildman–Crippen LogP) is 5.93. The maximum Gasteiger partial charge on any atom is 0.338 e. The van der Waals surface area contributed by atoms with E-state index in [2.05, 4.69) is 33.8 Å². The number of benzene rings is 2. The van der Waals surface area contributed by atoms with Gasteiger partial charge < -0.3 is 9.30 Å². The zero-order valence-corrected chi connectivity index (χ0v) is 17.2. The van der Waals surface area contributed by atoms with E-state index in [0.717, 1.165) is 46.2 Å². The van der Waals surface area contributed by atoms with E-state index in [1.54, 1.807) is 0 Å². The molecule has 4 aromatic rings. The predicted molar refractivity (Wildman–Crippen MR) is 119 cm³/mol. The maximum atomic E-state index is 12.2. The third-order valence-electron chi connectivity index (χ3n) is 6.00. The molecular weight excluding hydrogens is 374 g/mol. The number of carbonyl (C=O) groups excluding carboxylic acids is 1. The molecule has 0 amide bonds. The van der Waals surface area contributed by atoms with Crippen LogP contribution in [0.3, 0.4) is 0 Å². The van der Waals surface area contributed by atoms with Gasteiger partial charge >= 0.3 is 5.97 Å². The SMILES string of the molecule is CCOC(=O)c1ccc2c(c1)nc(-c1ccc3ncccc3c1)n2C1CCCCC1. The van der Waals surface area contributed by atoms with E-state index in [4.69, 9.17) is 9.72 Å². The summed E-state index contributed by atoms with van der Waals surface area (Å²) in [4.78, 5) is 21.7. The second kappa shape index (κ2) is 7.90. The average Bonchev–Trinajstić information content (AvgIpc) is 3.18. The van der Waals surface area contributed by atoms with Gasteiger partial charge in [0.1, 0.15) is 5.82 Å². The topological polar surface area (TPSA) is 57.0 Å². The third-order valence-corrected chi connectivity index (χ3v) is 6.00. The van der Waals surface area contributed by atoms with Gasteiger partial charge in [0, 0.05) is 23.2 Å². The van der Waals surface area contributed by atoms with Gasteiger partial charge in [-0.1, -0.05) is 25.3 Å². The lowest BCUT2D eigenvalue weighted by Crippen LogP contribution is -2.14. The summed E-state index contributed by atoms with van der Waals surface area (Å²) in [6, 6.07) is 16.5. The lowest BCUT2D eigenvalue weighted by atomic mass is 9.94. The zero-order chi connectivity index (χ0) is 20.5. The summed E-state index contributed by atoms with van der Waals surface area (Å²) in [5.74, 6) is 0.661. The number of ether oxygens (including phenoxy) is 1. The molecule has 0 unspecified atom stereocenters. The van der Waals surface area contributed by atoms with Crippen LogP contribution < -0.4 is 0 Å². The number of rotatable bonds is 4. The molecule has 2 aromatic carbocycles. The Labute approximate surface area is 175 Å². The van der Waals surface area contributed by atoms with Gasteiger partial charge in [-0.2, -0.15) is 0 Å². The summed E-state index contributed by atoms with van der Waals surface area (Å²) < 4.78 is 7.57. The van der Waals surface area contributed by atoms with Gasteiger partial charge in [-0.3, -0.25) is 4.98 Å². The molecule has 0 spiro atoms. The average molecular weight is 399 g/mol. The number of fused-ring (bicyclic) bond motifs is 2. The Bertz CT molecular complexity index is 1220. The Morgan fingerprint density at radius 1 is 1.07 bits per heavy atom. The quantitative estimate of drug-likeness (QED) is 0.399. The molecule has 2 heterocycles. The number of esters is 1. The first-order valence-electron chi connectivity index (χ1n) is 10.8. The normalized spacial score (nSPS) is 15.0. The van der Waals surface area contributed by atoms with Crippen molar-refractivity contribution in [1.29, 1.82) is 0 Å². The minimum Gasteiger partial charge on any atom is -0.462 e. The van der Waals surface area contributed by atoms with Gasteiger partial charge in [-0.25, -0.2) is 9.78 Å². The van der Waals surface area contributed by atoms with Gasteiger partial charge in [0.25, 0.3) is 0 Å². The summed E-state index contributed by atoms with van der Waals surface area (Å²) in [6.07, 6.45) is 7.92. The molecule has 5 nitrogen and oxygen atoms in total. The van der Waals surface area contributed by atoms with Crippen molar-refractivity contribution in [2.24, 2.45) is 0 Å². The van der Waals surface area contributed by atoms with Crippen LogP contribution in [0.2, 0.25) is 0 Å². The minimum atomic E-state index is -0.301. The highest BCUT2D eigenvalue weighted by atomic mass is 16.5. The zero-order valence-electron chi connectivity index (χ0n) is 17.2. The standard InChI is InChI=1S/C25H25N3O2/c1-2-30-25(29)19-11-13-23-22(16-19)27-24(28(23)20-8-4-3-5-9-20)18-10-12-21-17(15-18)7-6-14-26-21/h6-7,10-16,20H,2-5,8-9H2,1H3. The Morgan fingerprint density at radius 2 is 1.93 bits per heavy atom. The van der Waals surface area contributed by atoms with Crippen LogP contribution in [0.1, 0.15) is 55.4 Å². The highest BCUT2D eigenvalue weighted by molar-refractivity contribution is 5.95. The molecule has 0 atom stereocenters. The molecule has 0 radical (unpaired) electrons. The summed E-state index contributed by atoms with van der Waals surface area (Å²) in [5.41, 5.74) is 4.52. The van der Waals surface area contributed by atoms with Crippen LogP contribution in [0.4, 0.5) is 0 Å². The van der Waals surface area contributed by atoms with Crippen LogP contribution in [0.5, 0.6) is 0 Å². The number of nitrogens with zero attached hydrogens (tertiary/aromatic N) is 3. The molecule has 5 rings (SSSR count). The van der Waals surface area contributed by atoms with E-state index in [-0.39, 0.29) is 5.97 Å². The maximum absolute atomic E-state index is 12.2. The smallest absolute Gasteiger partial charge is 0.338 e. The van der Waals surface area contributed by atoms with Crippen LogP contribution in [0.25, 0.3) is 33.3 Å². The Balaban J connectivity index is 1.68. The second-order valence-electron chi connectivity index (χ2n) is 7.93. The Morgan fingerprint density at radius 3 is 2.77 bits per heavy atom. The Hall–Kier alpha value is -3.21. The van der Waals surface area contributed by atoms with Gasteiger partial charge in [0.2, 0.25) is 0 Å². The lowest BCUT2D eigenvalue weighted by molar-refractivity contribution is 0.0526. The summed E-state index contributed by atoms with van der Waals surface area (Å²) >= 11 is 0. The number of carbonyl (C=O) groups is 1. The summed E-state index contributed by atoms with van der Waals surface area (Å²) in [7, 11) is 0. The first kappa shape index (κ1) is 18.8. The van der Waals surface area contributed by atoms with Crippen molar-refractivity contribution in [1.82, 2.24) is 14.5 Å². The fourth-order valence-electron chi connectivity index (χ4n) is 4.57. The van der Waals surface area contributed by atoms with Gasteiger partial charge in [0.15, 0.2) is 0 Å². The van der Waals surface area contributed by atoms with E-state index in [1.165, 1.54) is 19.3 Å². The van der Waals surface area contributed by atoms with Gasteiger partial charge in [-0.15, -0.1) is 0 Å². The van der Waals surface area contributed by atoms with Crippen molar-refractivity contribution in [2.45, 2.75) is 45.1 Å². The molecule has 0 bridgehead atoms. The van der Waals surface area contributed by atoms with Crippen molar-refractivity contribution in [3.63, 3.8) is 0 Å². The van der Waals surface area contributed by atoms with E-state index in [1.807, 2.05) is 37.4 Å². The van der Waals surface area contributed by atoms with E-state index in [0.29, 0.717) is 18.2 Å². The van der Waals surface area contributed by atoms with Crippen LogP contribution in [-0.2, 0) is 4.74 Å². The number of aromatic nitrogens is 3. The first-order valence-corrected chi connectivity index (χ1v) is 10.8. The van der Waals surface area contributed by atoms with Crippen molar-refractivity contribution < 1.29 is 9.53 Å². The summed E-state index contributed by atoms with van der Waals surface area (Å²) in [6.45, 7) is 2.19. The highest BCUT2D eigenvalue weighted by Crippen LogP contribution is 2.36.